The summed E-state index contributed by atoms with van der Waals surface area (Å²) in [5.74, 6) is -0.555. The quantitative estimate of drug-likeness (QED) is 0.565. The summed E-state index contributed by atoms with van der Waals surface area (Å²) in [6, 6.07) is 25.0. The standard InChI is InChI=1S/C25H25ClN2O3S/c26-22-14-11-19(12-15-22)17-27-25(29)21-13-16-24(20-7-3-1-4-8-20)28(18-21)32(30,31)23-9-5-2-6-10-23/h1-12,14-15,21,24H,13,16-18H2,(H,27,29). The van der Waals surface area contributed by atoms with Crippen LogP contribution in [0.25, 0.3) is 0 Å². The molecule has 0 aliphatic carbocycles. The van der Waals surface area contributed by atoms with Gasteiger partial charge in [-0.1, -0.05) is 72.3 Å². The van der Waals surface area contributed by atoms with Gasteiger partial charge >= 0.3 is 0 Å². The van der Waals surface area contributed by atoms with Crippen molar-refractivity contribution in [3.8, 4) is 0 Å². The number of carbonyl (C=O) groups is 1. The van der Waals surface area contributed by atoms with Crippen LogP contribution < -0.4 is 5.32 Å². The Bertz CT molecular complexity index is 1150. The fourth-order valence-electron chi connectivity index (χ4n) is 4.09. The van der Waals surface area contributed by atoms with E-state index in [4.69, 9.17) is 11.6 Å². The summed E-state index contributed by atoms with van der Waals surface area (Å²) >= 11 is 5.92. The van der Waals surface area contributed by atoms with Crippen LogP contribution in [0, 0.1) is 5.92 Å². The molecule has 0 spiro atoms. The average molecular weight is 469 g/mol. The molecule has 5 nitrogen and oxygen atoms in total. The maximum atomic E-state index is 13.5. The van der Waals surface area contributed by atoms with Crippen LogP contribution in [0.15, 0.2) is 89.8 Å². The van der Waals surface area contributed by atoms with Crippen molar-refractivity contribution in [3.05, 3.63) is 101 Å². The fraction of sp³-hybridized carbons (Fsp3) is 0.240. The third-order valence-electron chi connectivity index (χ3n) is 5.82. The first-order valence-electron chi connectivity index (χ1n) is 10.6. The van der Waals surface area contributed by atoms with Gasteiger partial charge in [-0.15, -0.1) is 0 Å². The van der Waals surface area contributed by atoms with Gasteiger partial charge in [0.05, 0.1) is 16.9 Å². The molecule has 1 fully saturated rings. The van der Waals surface area contributed by atoms with Crippen LogP contribution in [0.3, 0.4) is 0 Å². The lowest BCUT2D eigenvalue weighted by Gasteiger charge is -2.38. The lowest BCUT2D eigenvalue weighted by atomic mass is 9.90. The second-order valence-electron chi connectivity index (χ2n) is 7.93. The fourth-order valence-corrected chi connectivity index (χ4v) is 5.93. The molecule has 1 aliphatic heterocycles. The van der Waals surface area contributed by atoms with Crippen molar-refractivity contribution in [2.75, 3.05) is 6.54 Å². The molecule has 0 bridgehead atoms. The number of carbonyl (C=O) groups excluding carboxylic acids is 1. The topological polar surface area (TPSA) is 66.5 Å². The summed E-state index contributed by atoms with van der Waals surface area (Å²) in [5, 5.41) is 3.59. The maximum absolute atomic E-state index is 13.5. The highest BCUT2D eigenvalue weighted by atomic mass is 35.5. The molecule has 3 aromatic rings. The number of rotatable bonds is 6. The Morgan fingerprint density at radius 1 is 0.906 bits per heavy atom. The number of piperidine rings is 1. The zero-order chi connectivity index (χ0) is 22.6. The molecule has 1 saturated heterocycles. The average Bonchev–Trinajstić information content (AvgIpc) is 2.84. The van der Waals surface area contributed by atoms with Gasteiger partial charge in [-0.3, -0.25) is 4.79 Å². The van der Waals surface area contributed by atoms with E-state index in [2.05, 4.69) is 5.32 Å². The van der Waals surface area contributed by atoms with Crippen LogP contribution in [0.4, 0.5) is 0 Å². The predicted octanol–water partition coefficient (Wildman–Crippen LogP) is 4.80. The van der Waals surface area contributed by atoms with E-state index >= 15 is 0 Å². The van der Waals surface area contributed by atoms with E-state index in [-0.39, 0.29) is 23.4 Å². The number of hydrogen-bond acceptors (Lipinski definition) is 3. The van der Waals surface area contributed by atoms with Gasteiger partial charge in [-0.05, 0) is 48.2 Å². The van der Waals surface area contributed by atoms with Crippen molar-refractivity contribution in [1.29, 1.82) is 0 Å². The van der Waals surface area contributed by atoms with Crippen molar-refractivity contribution in [1.82, 2.24) is 9.62 Å². The van der Waals surface area contributed by atoms with Crippen molar-refractivity contribution < 1.29 is 13.2 Å². The van der Waals surface area contributed by atoms with Crippen LogP contribution >= 0.6 is 11.6 Å². The lowest BCUT2D eigenvalue weighted by Crippen LogP contribution is -2.46. The molecule has 32 heavy (non-hydrogen) atoms. The summed E-state index contributed by atoms with van der Waals surface area (Å²) in [7, 11) is -3.76. The third-order valence-corrected chi connectivity index (χ3v) is 7.96. The molecule has 1 amide bonds. The Kier molecular flexibility index (Phi) is 6.94. The van der Waals surface area contributed by atoms with E-state index in [9.17, 15) is 13.2 Å². The van der Waals surface area contributed by atoms with Crippen LogP contribution in [-0.4, -0.2) is 25.2 Å². The first-order chi connectivity index (χ1) is 15.4. The Morgan fingerprint density at radius 2 is 1.53 bits per heavy atom. The minimum atomic E-state index is -3.76. The van der Waals surface area contributed by atoms with E-state index in [1.807, 2.05) is 42.5 Å². The first kappa shape index (κ1) is 22.5. The molecule has 2 unspecified atom stereocenters. The van der Waals surface area contributed by atoms with Gasteiger partial charge in [0, 0.05) is 18.1 Å². The second-order valence-corrected chi connectivity index (χ2v) is 10.3. The number of amides is 1. The van der Waals surface area contributed by atoms with Gasteiger partial charge < -0.3 is 5.32 Å². The van der Waals surface area contributed by atoms with E-state index in [1.54, 1.807) is 42.5 Å². The summed E-state index contributed by atoms with van der Waals surface area (Å²) in [6.07, 6.45) is 1.20. The van der Waals surface area contributed by atoms with E-state index in [0.717, 1.165) is 11.1 Å². The Balaban J connectivity index is 1.55. The molecule has 0 aromatic heterocycles. The molecule has 1 N–H and O–H groups in total. The van der Waals surface area contributed by atoms with Crippen LogP contribution in [0.5, 0.6) is 0 Å². The zero-order valence-electron chi connectivity index (χ0n) is 17.5. The molecule has 1 aliphatic rings. The highest BCUT2D eigenvalue weighted by Gasteiger charge is 2.39. The number of benzene rings is 3. The van der Waals surface area contributed by atoms with E-state index in [0.29, 0.717) is 24.4 Å². The van der Waals surface area contributed by atoms with Crippen LogP contribution in [-0.2, 0) is 21.4 Å². The van der Waals surface area contributed by atoms with Crippen molar-refractivity contribution in [2.45, 2.75) is 30.3 Å². The molecular weight excluding hydrogens is 444 g/mol. The van der Waals surface area contributed by atoms with E-state index < -0.39 is 15.9 Å². The monoisotopic (exact) mass is 468 g/mol. The van der Waals surface area contributed by atoms with Gasteiger partial charge in [0.15, 0.2) is 0 Å². The SMILES string of the molecule is O=C(NCc1ccc(Cl)cc1)C1CCC(c2ccccc2)N(S(=O)(=O)c2ccccc2)C1. The van der Waals surface area contributed by atoms with Crippen LogP contribution in [0.1, 0.15) is 30.0 Å². The number of nitrogens with one attached hydrogen (secondary N) is 1. The van der Waals surface area contributed by atoms with Gasteiger partial charge in [0.2, 0.25) is 15.9 Å². The highest BCUT2D eigenvalue weighted by Crippen LogP contribution is 2.37. The molecular formula is C25H25ClN2O3S. The van der Waals surface area contributed by atoms with Crippen molar-refractivity contribution in [3.63, 3.8) is 0 Å². The zero-order valence-corrected chi connectivity index (χ0v) is 19.1. The van der Waals surface area contributed by atoms with Gasteiger partial charge in [-0.2, -0.15) is 4.31 Å². The molecule has 0 radical (unpaired) electrons. The molecule has 0 saturated carbocycles. The molecule has 3 aromatic carbocycles. The Hall–Kier alpha value is -2.67. The largest absolute Gasteiger partial charge is 0.352 e. The number of sulfonamides is 1. The summed E-state index contributed by atoms with van der Waals surface area (Å²) < 4.78 is 28.6. The number of hydrogen-bond donors (Lipinski definition) is 1. The summed E-state index contributed by atoms with van der Waals surface area (Å²) in [4.78, 5) is 13.2. The van der Waals surface area contributed by atoms with Crippen LogP contribution in [0.2, 0.25) is 5.02 Å². The molecule has 2 atom stereocenters. The maximum Gasteiger partial charge on any atom is 0.243 e. The van der Waals surface area contributed by atoms with Gasteiger partial charge in [0.25, 0.3) is 0 Å². The van der Waals surface area contributed by atoms with Crippen molar-refractivity contribution >= 4 is 27.5 Å². The van der Waals surface area contributed by atoms with Gasteiger partial charge in [-0.25, -0.2) is 8.42 Å². The molecule has 1 heterocycles. The van der Waals surface area contributed by atoms with Gasteiger partial charge in [0.1, 0.15) is 0 Å². The van der Waals surface area contributed by atoms with E-state index in [1.165, 1.54) is 4.31 Å². The summed E-state index contributed by atoms with van der Waals surface area (Å²) in [5.41, 5.74) is 1.88. The molecule has 4 rings (SSSR count). The lowest BCUT2D eigenvalue weighted by molar-refractivity contribution is -0.126. The second kappa shape index (κ2) is 9.86. The number of halogens is 1. The predicted molar refractivity (Wildman–Crippen MR) is 126 cm³/mol. The molecule has 166 valence electrons. The highest BCUT2D eigenvalue weighted by molar-refractivity contribution is 7.89. The Morgan fingerprint density at radius 3 is 2.19 bits per heavy atom. The number of nitrogens with zero attached hydrogens (tertiary/aromatic N) is 1. The smallest absolute Gasteiger partial charge is 0.243 e. The van der Waals surface area contributed by atoms with Crippen molar-refractivity contribution in [2.24, 2.45) is 5.92 Å². The Labute approximate surface area is 194 Å². The first-order valence-corrected chi connectivity index (χ1v) is 12.4. The molecule has 7 heteroatoms. The normalized spacial score (nSPS) is 19.4. The summed E-state index contributed by atoms with van der Waals surface area (Å²) in [6.45, 7) is 0.517. The third kappa shape index (κ3) is 5.04. The minimum absolute atomic E-state index is 0.139. The minimum Gasteiger partial charge on any atom is -0.352 e.